The summed E-state index contributed by atoms with van der Waals surface area (Å²) in [5.41, 5.74) is 0.468. The first-order valence-electron chi connectivity index (χ1n) is 5.51. The summed E-state index contributed by atoms with van der Waals surface area (Å²) in [7, 11) is 0. The Morgan fingerprint density at radius 3 is 3.00 bits per heavy atom. The SMILES string of the molecule is O=C(NC1CCCNC1=O)c1cccc(Cl)c1. The summed E-state index contributed by atoms with van der Waals surface area (Å²) in [6, 6.07) is 6.22. The largest absolute Gasteiger partial charge is 0.354 e. The van der Waals surface area contributed by atoms with Gasteiger partial charge in [-0.3, -0.25) is 9.59 Å². The van der Waals surface area contributed by atoms with Crippen molar-refractivity contribution in [3.05, 3.63) is 34.9 Å². The number of halogens is 1. The van der Waals surface area contributed by atoms with Crippen LogP contribution in [0, 0.1) is 0 Å². The quantitative estimate of drug-likeness (QED) is 0.835. The molecular formula is C12H13ClN2O2. The van der Waals surface area contributed by atoms with Crippen molar-refractivity contribution in [1.82, 2.24) is 10.6 Å². The van der Waals surface area contributed by atoms with Gasteiger partial charge in [-0.2, -0.15) is 0 Å². The number of benzene rings is 1. The van der Waals surface area contributed by atoms with Gasteiger partial charge in [-0.25, -0.2) is 0 Å². The lowest BCUT2D eigenvalue weighted by molar-refractivity contribution is -0.124. The fourth-order valence-electron chi connectivity index (χ4n) is 1.78. The average Bonchev–Trinajstić information content (AvgIpc) is 2.32. The molecule has 4 nitrogen and oxygen atoms in total. The van der Waals surface area contributed by atoms with Gasteiger partial charge in [0.05, 0.1) is 0 Å². The first-order chi connectivity index (χ1) is 8.16. The summed E-state index contributed by atoms with van der Waals surface area (Å²) >= 11 is 5.80. The zero-order valence-corrected chi connectivity index (χ0v) is 9.96. The highest BCUT2D eigenvalue weighted by molar-refractivity contribution is 6.31. The van der Waals surface area contributed by atoms with Gasteiger partial charge in [-0.15, -0.1) is 0 Å². The van der Waals surface area contributed by atoms with E-state index in [4.69, 9.17) is 11.6 Å². The molecule has 1 saturated heterocycles. The summed E-state index contributed by atoms with van der Waals surface area (Å²) in [5, 5.41) is 5.93. The second-order valence-corrected chi connectivity index (χ2v) is 4.41. The standard InChI is InChI=1S/C12H13ClN2O2/c13-9-4-1-3-8(7-9)11(16)15-10-5-2-6-14-12(10)17/h1,3-4,7,10H,2,5-6H2,(H,14,17)(H,15,16). The van der Waals surface area contributed by atoms with Crippen LogP contribution in [-0.4, -0.2) is 24.4 Å². The van der Waals surface area contributed by atoms with Gasteiger partial charge in [0.2, 0.25) is 5.91 Å². The number of carbonyl (C=O) groups excluding carboxylic acids is 2. The van der Waals surface area contributed by atoms with Crippen molar-refractivity contribution >= 4 is 23.4 Å². The van der Waals surface area contributed by atoms with E-state index in [0.29, 0.717) is 23.6 Å². The van der Waals surface area contributed by atoms with Gasteiger partial charge < -0.3 is 10.6 Å². The number of hydrogen-bond acceptors (Lipinski definition) is 2. The monoisotopic (exact) mass is 252 g/mol. The maximum atomic E-state index is 11.9. The molecule has 0 radical (unpaired) electrons. The molecule has 1 unspecified atom stereocenters. The van der Waals surface area contributed by atoms with Crippen LogP contribution >= 0.6 is 11.6 Å². The molecule has 0 aromatic heterocycles. The van der Waals surface area contributed by atoms with Crippen molar-refractivity contribution in [2.75, 3.05) is 6.54 Å². The minimum absolute atomic E-state index is 0.119. The molecule has 1 aliphatic rings. The van der Waals surface area contributed by atoms with Crippen LogP contribution in [0.1, 0.15) is 23.2 Å². The lowest BCUT2D eigenvalue weighted by Gasteiger charge is -2.22. The van der Waals surface area contributed by atoms with Gasteiger partial charge in [0.15, 0.2) is 0 Å². The fraction of sp³-hybridized carbons (Fsp3) is 0.333. The highest BCUT2D eigenvalue weighted by Gasteiger charge is 2.23. The predicted molar refractivity (Wildman–Crippen MR) is 64.9 cm³/mol. The van der Waals surface area contributed by atoms with Crippen molar-refractivity contribution in [3.63, 3.8) is 0 Å². The molecule has 90 valence electrons. The number of rotatable bonds is 2. The van der Waals surface area contributed by atoms with E-state index < -0.39 is 6.04 Å². The molecule has 2 rings (SSSR count). The van der Waals surface area contributed by atoms with Gasteiger partial charge in [0, 0.05) is 17.1 Å². The van der Waals surface area contributed by atoms with E-state index >= 15 is 0 Å². The van der Waals surface area contributed by atoms with E-state index in [9.17, 15) is 9.59 Å². The van der Waals surface area contributed by atoms with Crippen molar-refractivity contribution in [2.24, 2.45) is 0 Å². The van der Waals surface area contributed by atoms with Gasteiger partial charge in [-0.1, -0.05) is 17.7 Å². The van der Waals surface area contributed by atoms with E-state index in [1.807, 2.05) is 0 Å². The summed E-state index contributed by atoms with van der Waals surface area (Å²) in [6.07, 6.45) is 1.56. The van der Waals surface area contributed by atoms with Crippen molar-refractivity contribution < 1.29 is 9.59 Å². The molecule has 2 amide bonds. The molecule has 0 bridgehead atoms. The van der Waals surface area contributed by atoms with E-state index in [-0.39, 0.29) is 11.8 Å². The highest BCUT2D eigenvalue weighted by Crippen LogP contribution is 2.11. The van der Waals surface area contributed by atoms with Crippen LogP contribution < -0.4 is 10.6 Å². The van der Waals surface area contributed by atoms with E-state index in [2.05, 4.69) is 10.6 Å². The smallest absolute Gasteiger partial charge is 0.251 e. The van der Waals surface area contributed by atoms with Crippen LogP contribution in [-0.2, 0) is 4.79 Å². The van der Waals surface area contributed by atoms with Gasteiger partial charge >= 0.3 is 0 Å². The van der Waals surface area contributed by atoms with Crippen LogP contribution in [0.3, 0.4) is 0 Å². The number of hydrogen-bond donors (Lipinski definition) is 2. The zero-order valence-electron chi connectivity index (χ0n) is 9.20. The Balaban J connectivity index is 2.03. The first kappa shape index (κ1) is 11.9. The first-order valence-corrected chi connectivity index (χ1v) is 5.89. The molecule has 1 aliphatic heterocycles. The summed E-state index contributed by atoms with van der Waals surface area (Å²) in [5.74, 6) is -0.388. The average molecular weight is 253 g/mol. The minimum Gasteiger partial charge on any atom is -0.354 e. The van der Waals surface area contributed by atoms with Gasteiger partial charge in [0.1, 0.15) is 6.04 Å². The Morgan fingerprint density at radius 1 is 1.47 bits per heavy atom. The number of amides is 2. The molecule has 0 spiro atoms. The third-order valence-electron chi connectivity index (χ3n) is 2.68. The molecule has 5 heteroatoms. The Labute approximate surface area is 104 Å². The van der Waals surface area contributed by atoms with Crippen molar-refractivity contribution in [3.8, 4) is 0 Å². The summed E-state index contributed by atoms with van der Waals surface area (Å²) in [4.78, 5) is 23.3. The van der Waals surface area contributed by atoms with Crippen LogP contribution in [0.4, 0.5) is 0 Å². The minimum atomic E-state index is -0.435. The van der Waals surface area contributed by atoms with E-state index in [1.165, 1.54) is 0 Å². The Morgan fingerprint density at radius 2 is 2.29 bits per heavy atom. The molecule has 2 N–H and O–H groups in total. The van der Waals surface area contributed by atoms with E-state index in [1.54, 1.807) is 24.3 Å². The van der Waals surface area contributed by atoms with Gasteiger partial charge in [0.25, 0.3) is 5.91 Å². The number of nitrogens with one attached hydrogen (secondary N) is 2. The molecule has 1 atom stereocenters. The molecule has 1 aromatic carbocycles. The molecule has 0 aliphatic carbocycles. The number of carbonyl (C=O) groups is 2. The lowest BCUT2D eigenvalue weighted by atomic mass is 10.1. The maximum absolute atomic E-state index is 11.9. The summed E-state index contributed by atoms with van der Waals surface area (Å²) in [6.45, 7) is 0.683. The lowest BCUT2D eigenvalue weighted by Crippen LogP contribution is -2.50. The molecular weight excluding hydrogens is 240 g/mol. The molecule has 1 heterocycles. The maximum Gasteiger partial charge on any atom is 0.251 e. The summed E-state index contributed by atoms with van der Waals surface area (Å²) < 4.78 is 0. The van der Waals surface area contributed by atoms with Crippen LogP contribution in [0.5, 0.6) is 0 Å². The number of piperidine rings is 1. The zero-order chi connectivity index (χ0) is 12.3. The molecule has 1 aromatic rings. The molecule has 17 heavy (non-hydrogen) atoms. The molecule has 1 fully saturated rings. The van der Waals surface area contributed by atoms with Crippen LogP contribution in [0.2, 0.25) is 5.02 Å². The van der Waals surface area contributed by atoms with Crippen LogP contribution in [0.25, 0.3) is 0 Å². The van der Waals surface area contributed by atoms with E-state index in [0.717, 1.165) is 6.42 Å². The van der Waals surface area contributed by atoms with Gasteiger partial charge in [-0.05, 0) is 31.0 Å². The second kappa shape index (κ2) is 5.19. The highest BCUT2D eigenvalue weighted by atomic mass is 35.5. The normalized spacial score (nSPS) is 19.6. The predicted octanol–water partition coefficient (Wildman–Crippen LogP) is 1.35. The Bertz CT molecular complexity index is 448. The van der Waals surface area contributed by atoms with Crippen molar-refractivity contribution in [1.29, 1.82) is 0 Å². The Hall–Kier alpha value is -1.55. The third-order valence-corrected chi connectivity index (χ3v) is 2.91. The van der Waals surface area contributed by atoms with Crippen LogP contribution in [0.15, 0.2) is 24.3 Å². The second-order valence-electron chi connectivity index (χ2n) is 3.97. The fourth-order valence-corrected chi connectivity index (χ4v) is 1.97. The topological polar surface area (TPSA) is 58.2 Å². The Kier molecular flexibility index (Phi) is 3.64. The third kappa shape index (κ3) is 2.97. The molecule has 0 saturated carbocycles. The van der Waals surface area contributed by atoms with Crippen molar-refractivity contribution in [2.45, 2.75) is 18.9 Å².